The van der Waals surface area contributed by atoms with Crippen LogP contribution in [0.2, 0.25) is 5.02 Å². The van der Waals surface area contributed by atoms with Crippen molar-refractivity contribution in [1.29, 1.82) is 0 Å². The maximum Gasteiger partial charge on any atom is 0.244 e. The van der Waals surface area contributed by atoms with Crippen molar-refractivity contribution in [2.24, 2.45) is 5.73 Å². The number of anilines is 1. The van der Waals surface area contributed by atoms with E-state index < -0.39 is 11.9 Å². The van der Waals surface area contributed by atoms with Crippen molar-refractivity contribution >= 4 is 55.1 Å². The Kier molecular flexibility index (Phi) is 5.30. The van der Waals surface area contributed by atoms with Crippen molar-refractivity contribution in [3.8, 4) is 0 Å². The molecule has 0 bridgehead atoms. The molecule has 2 aromatic carbocycles. The Morgan fingerprint density at radius 1 is 1.19 bits per heavy atom. The van der Waals surface area contributed by atoms with Gasteiger partial charge in [-0.15, -0.1) is 0 Å². The number of nitrogens with one attached hydrogen (secondary N) is 1. The van der Waals surface area contributed by atoms with Gasteiger partial charge in [0, 0.05) is 14.6 Å². The van der Waals surface area contributed by atoms with E-state index >= 15 is 0 Å². The first kappa shape index (κ1) is 16.3. The minimum atomic E-state index is -0.616. The van der Waals surface area contributed by atoms with E-state index in [-0.39, 0.29) is 0 Å². The zero-order valence-electron chi connectivity index (χ0n) is 11.2. The lowest BCUT2D eigenvalue weighted by atomic mass is 10.0. The third-order valence-electron chi connectivity index (χ3n) is 3.04. The van der Waals surface area contributed by atoms with Crippen LogP contribution in [0, 0.1) is 6.92 Å². The summed E-state index contributed by atoms with van der Waals surface area (Å²) < 4.78 is 1.69. The maximum atomic E-state index is 11.8. The molecule has 21 heavy (non-hydrogen) atoms. The van der Waals surface area contributed by atoms with Crippen LogP contribution >= 0.6 is 43.5 Å². The van der Waals surface area contributed by atoms with Gasteiger partial charge in [0.1, 0.15) is 6.04 Å². The molecule has 0 spiro atoms. The van der Waals surface area contributed by atoms with E-state index in [0.717, 1.165) is 25.8 Å². The third-order valence-corrected chi connectivity index (χ3v) is 5.11. The molecule has 3 nitrogen and oxygen atoms in total. The molecule has 0 aliphatic heterocycles. The van der Waals surface area contributed by atoms with Gasteiger partial charge in [-0.05, 0) is 58.2 Å². The van der Waals surface area contributed by atoms with Crippen LogP contribution in [0.1, 0.15) is 17.2 Å². The largest absolute Gasteiger partial charge is 0.370 e. The summed E-state index contributed by atoms with van der Waals surface area (Å²) in [4.78, 5) is 11.8. The van der Waals surface area contributed by atoms with Crippen molar-refractivity contribution < 1.29 is 4.79 Å². The molecule has 3 N–H and O–H groups in total. The second-order valence-electron chi connectivity index (χ2n) is 4.62. The number of amides is 1. The first-order valence-corrected chi connectivity index (χ1v) is 8.12. The molecule has 0 aliphatic carbocycles. The highest BCUT2D eigenvalue weighted by molar-refractivity contribution is 9.10. The summed E-state index contributed by atoms with van der Waals surface area (Å²) in [5, 5.41) is 3.73. The second-order valence-corrected chi connectivity index (χ2v) is 6.73. The lowest BCUT2D eigenvalue weighted by molar-refractivity contribution is -0.118. The number of rotatable bonds is 4. The predicted octanol–water partition coefficient (Wildman–Crippen LogP) is 4.81. The Bertz CT molecular complexity index is 691. The van der Waals surface area contributed by atoms with Crippen LogP contribution in [0.4, 0.5) is 5.69 Å². The molecule has 110 valence electrons. The Morgan fingerprint density at radius 2 is 1.90 bits per heavy atom. The number of hydrogen-bond acceptors (Lipinski definition) is 2. The number of halogens is 3. The van der Waals surface area contributed by atoms with Crippen molar-refractivity contribution in [3.63, 3.8) is 0 Å². The Hall–Kier alpha value is -1.04. The second kappa shape index (κ2) is 6.81. The monoisotopic (exact) mass is 430 g/mol. The van der Waals surface area contributed by atoms with Gasteiger partial charge in [-0.1, -0.05) is 39.7 Å². The Labute approximate surface area is 145 Å². The highest BCUT2D eigenvalue weighted by Gasteiger charge is 2.18. The van der Waals surface area contributed by atoms with E-state index in [2.05, 4.69) is 37.2 Å². The van der Waals surface area contributed by atoms with E-state index in [1.165, 1.54) is 0 Å². The van der Waals surface area contributed by atoms with Gasteiger partial charge in [0.25, 0.3) is 0 Å². The molecule has 0 heterocycles. The van der Waals surface area contributed by atoms with E-state index in [0.29, 0.717) is 5.02 Å². The molecule has 2 aromatic rings. The molecular weight excluding hydrogens is 419 g/mol. The van der Waals surface area contributed by atoms with E-state index in [1.54, 1.807) is 12.1 Å². The first-order valence-electron chi connectivity index (χ1n) is 6.15. The summed E-state index contributed by atoms with van der Waals surface area (Å²) in [6, 6.07) is 10.4. The van der Waals surface area contributed by atoms with Gasteiger partial charge >= 0.3 is 0 Å². The Morgan fingerprint density at radius 3 is 2.48 bits per heavy atom. The number of carbonyl (C=O) groups excluding carboxylic acids is 1. The SMILES string of the molecule is Cc1ccc(C(Nc2ccc(Cl)c(Br)c2)C(N)=O)cc1Br. The number of nitrogens with two attached hydrogens (primary N) is 1. The van der Waals surface area contributed by atoms with Crippen molar-refractivity contribution in [1.82, 2.24) is 0 Å². The van der Waals surface area contributed by atoms with Crippen molar-refractivity contribution in [3.05, 3.63) is 61.5 Å². The molecular formula is C15H13Br2ClN2O. The van der Waals surface area contributed by atoms with E-state index in [1.807, 2.05) is 31.2 Å². The summed E-state index contributed by atoms with van der Waals surface area (Å²) in [6.07, 6.45) is 0. The maximum absolute atomic E-state index is 11.8. The average molecular weight is 433 g/mol. The topological polar surface area (TPSA) is 55.1 Å². The summed E-state index contributed by atoms with van der Waals surface area (Å²) in [5.74, 6) is -0.447. The van der Waals surface area contributed by atoms with Crippen LogP contribution in [-0.2, 0) is 4.79 Å². The van der Waals surface area contributed by atoms with Crippen LogP contribution in [0.5, 0.6) is 0 Å². The minimum absolute atomic E-state index is 0.447. The highest BCUT2D eigenvalue weighted by Crippen LogP contribution is 2.29. The molecule has 0 fully saturated rings. The van der Waals surface area contributed by atoms with Crippen LogP contribution < -0.4 is 11.1 Å². The predicted molar refractivity (Wildman–Crippen MR) is 93.6 cm³/mol. The molecule has 0 aromatic heterocycles. The van der Waals surface area contributed by atoms with Gasteiger partial charge in [-0.2, -0.15) is 0 Å². The number of hydrogen-bond donors (Lipinski definition) is 2. The lowest BCUT2D eigenvalue weighted by Gasteiger charge is -2.18. The zero-order chi connectivity index (χ0) is 15.6. The van der Waals surface area contributed by atoms with Crippen molar-refractivity contribution in [2.45, 2.75) is 13.0 Å². The number of aryl methyl sites for hydroxylation is 1. The molecule has 6 heteroatoms. The lowest BCUT2D eigenvalue weighted by Crippen LogP contribution is -2.27. The zero-order valence-corrected chi connectivity index (χ0v) is 15.1. The van der Waals surface area contributed by atoms with Crippen LogP contribution in [0.25, 0.3) is 0 Å². The standard InChI is InChI=1S/C15H13Br2ClN2O/c1-8-2-3-9(6-11(8)16)14(15(19)21)20-10-4-5-13(18)12(17)7-10/h2-7,14,20H,1H3,(H2,19,21). The fourth-order valence-electron chi connectivity index (χ4n) is 1.86. The van der Waals surface area contributed by atoms with Gasteiger partial charge in [0.2, 0.25) is 5.91 Å². The summed E-state index contributed by atoms with van der Waals surface area (Å²) in [7, 11) is 0. The fraction of sp³-hybridized carbons (Fsp3) is 0.133. The van der Waals surface area contributed by atoms with Gasteiger partial charge in [0.15, 0.2) is 0 Å². The summed E-state index contributed by atoms with van der Waals surface area (Å²) in [5.41, 5.74) is 8.17. The van der Waals surface area contributed by atoms with Crippen LogP contribution in [0.3, 0.4) is 0 Å². The van der Waals surface area contributed by atoms with E-state index in [4.69, 9.17) is 17.3 Å². The normalized spacial score (nSPS) is 12.0. The number of benzene rings is 2. The quantitative estimate of drug-likeness (QED) is 0.728. The molecule has 1 unspecified atom stereocenters. The van der Waals surface area contributed by atoms with Gasteiger partial charge in [-0.3, -0.25) is 4.79 Å². The van der Waals surface area contributed by atoms with Crippen LogP contribution in [-0.4, -0.2) is 5.91 Å². The van der Waals surface area contributed by atoms with E-state index in [9.17, 15) is 4.79 Å². The molecule has 0 radical (unpaired) electrons. The summed E-state index contributed by atoms with van der Waals surface area (Å²) in [6.45, 7) is 1.98. The molecule has 1 amide bonds. The van der Waals surface area contributed by atoms with Gasteiger partial charge < -0.3 is 11.1 Å². The van der Waals surface area contributed by atoms with Gasteiger partial charge in [-0.25, -0.2) is 0 Å². The molecule has 0 aliphatic rings. The van der Waals surface area contributed by atoms with Crippen LogP contribution in [0.15, 0.2) is 45.3 Å². The first-order chi connectivity index (χ1) is 9.88. The molecule has 1 atom stereocenters. The number of primary amides is 1. The number of carbonyl (C=O) groups is 1. The molecule has 2 rings (SSSR count). The third kappa shape index (κ3) is 3.99. The molecule has 0 saturated heterocycles. The minimum Gasteiger partial charge on any atom is -0.370 e. The fourth-order valence-corrected chi connectivity index (χ4v) is 2.75. The molecule has 0 saturated carbocycles. The van der Waals surface area contributed by atoms with Gasteiger partial charge in [0.05, 0.1) is 5.02 Å². The van der Waals surface area contributed by atoms with Crippen molar-refractivity contribution in [2.75, 3.05) is 5.32 Å². The summed E-state index contributed by atoms with van der Waals surface area (Å²) >= 11 is 12.8. The average Bonchev–Trinajstić information content (AvgIpc) is 2.43. The smallest absolute Gasteiger partial charge is 0.244 e. The Balaban J connectivity index is 2.32. The highest BCUT2D eigenvalue weighted by atomic mass is 79.9.